The summed E-state index contributed by atoms with van der Waals surface area (Å²) in [6.07, 6.45) is -3.49. The van der Waals surface area contributed by atoms with Gasteiger partial charge in [0.2, 0.25) is 0 Å². The molecule has 0 amide bonds. The molecule has 0 radical (unpaired) electrons. The lowest BCUT2D eigenvalue weighted by Gasteiger charge is -2.13. The topological polar surface area (TPSA) is 61.0 Å². The first-order valence-electron chi connectivity index (χ1n) is 5.02. The number of alkyl halides is 3. The van der Waals surface area contributed by atoms with Crippen LogP contribution in [0.25, 0.3) is 0 Å². The largest absolute Gasteiger partial charge is 0.484 e. The molecule has 102 valence electrons. The Morgan fingerprint density at radius 2 is 2.11 bits per heavy atom. The van der Waals surface area contributed by atoms with Crippen LogP contribution in [0.4, 0.5) is 13.2 Å². The van der Waals surface area contributed by atoms with Crippen LogP contribution < -0.4 is 4.74 Å². The van der Waals surface area contributed by atoms with Crippen molar-refractivity contribution in [1.29, 1.82) is 0 Å². The monoisotopic (exact) mass is 337 g/mol. The molecule has 2 heterocycles. The van der Waals surface area contributed by atoms with Crippen LogP contribution in [0.1, 0.15) is 17.0 Å². The van der Waals surface area contributed by atoms with Gasteiger partial charge in [-0.2, -0.15) is 13.2 Å². The molecular formula is C10H7BrF3N3O2. The Kier molecular flexibility index (Phi) is 3.74. The Morgan fingerprint density at radius 3 is 2.68 bits per heavy atom. The number of ether oxygens (including phenoxy) is 1. The van der Waals surface area contributed by atoms with E-state index in [-0.39, 0.29) is 11.2 Å². The first kappa shape index (κ1) is 13.8. The molecule has 0 aromatic carbocycles. The Bertz CT molecular complexity index is 586. The molecule has 2 rings (SSSR count). The molecule has 2 aromatic heterocycles. The van der Waals surface area contributed by atoms with Crippen molar-refractivity contribution in [3.05, 3.63) is 33.8 Å². The maximum Gasteiger partial charge on any atom is 0.420 e. The lowest BCUT2D eigenvalue weighted by Crippen LogP contribution is -2.10. The molecule has 0 aliphatic carbocycles. The van der Waals surface area contributed by atoms with Gasteiger partial charge in [-0.05, 0) is 28.9 Å². The van der Waals surface area contributed by atoms with E-state index in [9.17, 15) is 13.2 Å². The van der Waals surface area contributed by atoms with Crippen molar-refractivity contribution >= 4 is 15.9 Å². The van der Waals surface area contributed by atoms with Gasteiger partial charge >= 0.3 is 6.18 Å². The number of hydrogen-bond donors (Lipinski definition) is 0. The minimum atomic E-state index is -4.53. The van der Waals surface area contributed by atoms with Gasteiger partial charge in [0.1, 0.15) is 28.2 Å². The Morgan fingerprint density at radius 1 is 1.37 bits per heavy atom. The van der Waals surface area contributed by atoms with Crippen LogP contribution in [0.3, 0.4) is 0 Å². The zero-order valence-corrected chi connectivity index (χ0v) is 11.1. The molecule has 19 heavy (non-hydrogen) atoms. The molecule has 0 bridgehead atoms. The fourth-order valence-corrected chi connectivity index (χ4v) is 1.75. The summed E-state index contributed by atoms with van der Waals surface area (Å²) in [5, 5.41) is 7.03. The van der Waals surface area contributed by atoms with Gasteiger partial charge in [0.25, 0.3) is 0 Å². The van der Waals surface area contributed by atoms with Crippen molar-refractivity contribution in [3.63, 3.8) is 0 Å². The van der Waals surface area contributed by atoms with Crippen molar-refractivity contribution in [2.45, 2.75) is 19.7 Å². The lowest BCUT2D eigenvalue weighted by atomic mass is 10.2. The molecule has 0 unspecified atom stereocenters. The van der Waals surface area contributed by atoms with Crippen LogP contribution in [-0.2, 0) is 12.8 Å². The highest BCUT2D eigenvalue weighted by molar-refractivity contribution is 9.10. The molecule has 0 spiro atoms. The first-order chi connectivity index (χ1) is 8.89. The molecule has 0 N–H and O–H groups in total. The quantitative estimate of drug-likeness (QED) is 0.805. The molecule has 0 saturated heterocycles. The SMILES string of the molecule is Cc1nonc1COc1c(C(F)(F)F)ccnc1Br. The summed E-state index contributed by atoms with van der Waals surface area (Å²) in [4.78, 5) is 3.71. The third-order valence-corrected chi connectivity index (χ3v) is 2.83. The van der Waals surface area contributed by atoms with Gasteiger partial charge in [0.15, 0.2) is 5.75 Å². The number of rotatable bonds is 3. The normalized spacial score (nSPS) is 11.6. The zero-order chi connectivity index (χ0) is 14.0. The average molecular weight is 338 g/mol. The van der Waals surface area contributed by atoms with E-state index in [1.165, 1.54) is 0 Å². The fraction of sp³-hybridized carbons (Fsp3) is 0.300. The van der Waals surface area contributed by atoms with Crippen molar-refractivity contribution in [2.75, 3.05) is 0 Å². The van der Waals surface area contributed by atoms with Crippen LogP contribution in [0.2, 0.25) is 0 Å². The van der Waals surface area contributed by atoms with Crippen molar-refractivity contribution in [2.24, 2.45) is 0 Å². The number of hydrogen-bond acceptors (Lipinski definition) is 5. The summed E-state index contributed by atoms with van der Waals surface area (Å²) in [6, 6.07) is 0.841. The highest BCUT2D eigenvalue weighted by Crippen LogP contribution is 2.39. The standard InChI is InChI=1S/C10H7BrF3N3O2/c1-5-7(17-19-16-5)4-18-8-6(10(12,13)14)2-3-15-9(8)11/h2-3H,4H2,1H3. The van der Waals surface area contributed by atoms with E-state index >= 15 is 0 Å². The minimum Gasteiger partial charge on any atom is -0.484 e. The zero-order valence-electron chi connectivity index (χ0n) is 9.53. The Balaban J connectivity index is 2.27. The second-order valence-corrected chi connectivity index (χ2v) is 4.31. The predicted octanol–water partition coefficient (Wildman–Crippen LogP) is 3.13. The van der Waals surface area contributed by atoms with Crippen LogP contribution >= 0.6 is 15.9 Å². The van der Waals surface area contributed by atoms with Crippen LogP contribution in [0.5, 0.6) is 5.75 Å². The van der Waals surface area contributed by atoms with E-state index in [0.717, 1.165) is 12.3 Å². The average Bonchev–Trinajstić information content (AvgIpc) is 2.72. The highest BCUT2D eigenvalue weighted by Gasteiger charge is 2.35. The highest BCUT2D eigenvalue weighted by atomic mass is 79.9. The number of nitrogens with zero attached hydrogens (tertiary/aromatic N) is 3. The maximum atomic E-state index is 12.8. The summed E-state index contributed by atoms with van der Waals surface area (Å²) in [7, 11) is 0. The number of pyridine rings is 1. The van der Waals surface area contributed by atoms with Crippen LogP contribution in [-0.4, -0.2) is 15.3 Å². The van der Waals surface area contributed by atoms with E-state index in [2.05, 4.69) is 35.9 Å². The maximum absolute atomic E-state index is 12.8. The van der Waals surface area contributed by atoms with Gasteiger partial charge in [-0.25, -0.2) is 9.61 Å². The second-order valence-electron chi connectivity index (χ2n) is 3.56. The molecule has 2 aromatic rings. The molecule has 0 atom stereocenters. The van der Waals surface area contributed by atoms with E-state index in [1.54, 1.807) is 6.92 Å². The molecule has 0 saturated carbocycles. The van der Waals surface area contributed by atoms with Gasteiger partial charge in [-0.3, -0.25) is 0 Å². The summed E-state index contributed by atoms with van der Waals surface area (Å²) in [5.41, 5.74) is -0.138. The van der Waals surface area contributed by atoms with Crippen molar-refractivity contribution in [3.8, 4) is 5.75 Å². The van der Waals surface area contributed by atoms with Gasteiger partial charge in [0.05, 0.1) is 0 Å². The number of aryl methyl sites for hydroxylation is 1. The van der Waals surface area contributed by atoms with Gasteiger partial charge < -0.3 is 4.74 Å². The van der Waals surface area contributed by atoms with Crippen molar-refractivity contribution in [1.82, 2.24) is 15.3 Å². The molecule has 0 aliphatic heterocycles. The smallest absolute Gasteiger partial charge is 0.420 e. The molecule has 0 fully saturated rings. The van der Waals surface area contributed by atoms with Crippen LogP contribution in [0, 0.1) is 6.92 Å². The lowest BCUT2D eigenvalue weighted by molar-refractivity contribution is -0.139. The Hall–Kier alpha value is -1.64. The minimum absolute atomic E-state index is 0.0311. The Labute approximate surface area is 113 Å². The summed E-state index contributed by atoms with van der Waals surface area (Å²) >= 11 is 2.93. The predicted molar refractivity (Wildman–Crippen MR) is 60.3 cm³/mol. The van der Waals surface area contributed by atoms with Crippen LogP contribution in [0.15, 0.2) is 21.5 Å². The summed E-state index contributed by atoms with van der Waals surface area (Å²) in [6.45, 7) is 1.42. The van der Waals surface area contributed by atoms with E-state index in [1.807, 2.05) is 0 Å². The molecule has 0 aliphatic rings. The fourth-order valence-electron chi connectivity index (χ4n) is 1.30. The van der Waals surface area contributed by atoms with Gasteiger partial charge in [-0.15, -0.1) is 0 Å². The molecular weight excluding hydrogens is 331 g/mol. The van der Waals surface area contributed by atoms with Gasteiger partial charge in [0, 0.05) is 6.20 Å². The van der Waals surface area contributed by atoms with Crippen molar-refractivity contribution < 1.29 is 22.5 Å². The number of halogens is 4. The van der Waals surface area contributed by atoms with Gasteiger partial charge in [-0.1, -0.05) is 10.3 Å². The van der Waals surface area contributed by atoms with E-state index < -0.39 is 17.5 Å². The third kappa shape index (κ3) is 3.03. The van der Waals surface area contributed by atoms with E-state index in [0.29, 0.717) is 11.4 Å². The third-order valence-electron chi connectivity index (χ3n) is 2.27. The molecule has 5 nitrogen and oxygen atoms in total. The first-order valence-corrected chi connectivity index (χ1v) is 5.81. The van der Waals surface area contributed by atoms with E-state index in [4.69, 9.17) is 4.74 Å². The molecule has 9 heteroatoms. The second kappa shape index (κ2) is 5.16. The summed E-state index contributed by atoms with van der Waals surface area (Å²) < 4.78 is 47.9. The number of aromatic nitrogens is 3. The summed E-state index contributed by atoms with van der Waals surface area (Å²) in [5.74, 6) is -0.391.